The van der Waals surface area contributed by atoms with Gasteiger partial charge in [0.2, 0.25) is 11.8 Å². The predicted octanol–water partition coefficient (Wildman–Crippen LogP) is 4.15. The Morgan fingerprint density at radius 3 is 2.33 bits per heavy atom. The molecular weight excluding hydrogens is 343 g/mol. The van der Waals surface area contributed by atoms with Gasteiger partial charge < -0.3 is 10.2 Å². The van der Waals surface area contributed by atoms with E-state index in [4.69, 9.17) is 0 Å². The first-order valence-electron chi connectivity index (χ1n) is 9.35. The Bertz CT molecular complexity index is 805. The van der Waals surface area contributed by atoms with Gasteiger partial charge in [-0.2, -0.15) is 0 Å². The minimum absolute atomic E-state index is 0.0733. The van der Waals surface area contributed by atoms with Crippen molar-refractivity contribution in [3.8, 4) is 0 Å². The molecule has 2 amide bonds. The molecule has 3 rings (SSSR count). The average molecular weight is 368 g/mol. The largest absolute Gasteiger partial charge is 0.349 e. The van der Waals surface area contributed by atoms with Crippen LogP contribution in [0.4, 0.5) is 4.39 Å². The maximum atomic E-state index is 14.3. The smallest absolute Gasteiger partial charge is 0.225 e. The van der Waals surface area contributed by atoms with Crippen LogP contribution >= 0.6 is 0 Å². The molecule has 4 nitrogen and oxygen atoms in total. The lowest BCUT2D eigenvalue weighted by atomic mass is 10.0. The van der Waals surface area contributed by atoms with Gasteiger partial charge in [-0.3, -0.25) is 9.59 Å². The number of benzene rings is 2. The highest BCUT2D eigenvalue weighted by atomic mass is 19.1. The molecule has 1 aliphatic rings. The molecule has 0 radical (unpaired) electrons. The number of carbonyl (C=O) groups is 2. The molecule has 1 N–H and O–H groups in total. The summed E-state index contributed by atoms with van der Waals surface area (Å²) < 4.78 is 14.3. The van der Waals surface area contributed by atoms with Crippen LogP contribution in [-0.4, -0.2) is 22.8 Å². The fourth-order valence-corrected chi connectivity index (χ4v) is 3.52. The van der Waals surface area contributed by atoms with E-state index in [1.54, 1.807) is 23.1 Å². The van der Waals surface area contributed by atoms with Gasteiger partial charge >= 0.3 is 0 Å². The van der Waals surface area contributed by atoms with Gasteiger partial charge in [-0.15, -0.1) is 0 Å². The number of rotatable bonds is 7. The molecule has 1 aliphatic carbocycles. The van der Waals surface area contributed by atoms with E-state index >= 15 is 0 Å². The van der Waals surface area contributed by atoms with Crippen LogP contribution in [0.15, 0.2) is 54.6 Å². The molecule has 142 valence electrons. The molecule has 2 atom stereocenters. The summed E-state index contributed by atoms with van der Waals surface area (Å²) in [5.74, 6) is -0.558. The van der Waals surface area contributed by atoms with Crippen molar-refractivity contribution in [2.75, 3.05) is 0 Å². The summed E-state index contributed by atoms with van der Waals surface area (Å²) in [5.41, 5.74) is 1.41. The van der Waals surface area contributed by atoms with Gasteiger partial charge in [0.15, 0.2) is 0 Å². The molecule has 0 aliphatic heterocycles. The second kappa shape index (κ2) is 8.33. The molecule has 2 aromatic carbocycles. The Morgan fingerprint density at radius 1 is 1.11 bits per heavy atom. The maximum absolute atomic E-state index is 14.3. The molecule has 27 heavy (non-hydrogen) atoms. The van der Waals surface area contributed by atoms with Crippen molar-refractivity contribution in [3.63, 3.8) is 0 Å². The molecule has 0 heterocycles. The van der Waals surface area contributed by atoms with Gasteiger partial charge in [0.05, 0.1) is 18.5 Å². The number of nitrogens with one attached hydrogen (secondary N) is 1. The molecule has 0 aromatic heterocycles. The monoisotopic (exact) mass is 368 g/mol. The van der Waals surface area contributed by atoms with Gasteiger partial charge in [-0.1, -0.05) is 48.5 Å². The minimum atomic E-state index is -0.398. The molecule has 2 unspecified atom stereocenters. The molecule has 1 saturated carbocycles. The van der Waals surface area contributed by atoms with E-state index in [0.29, 0.717) is 5.56 Å². The zero-order valence-electron chi connectivity index (χ0n) is 15.7. The van der Waals surface area contributed by atoms with Crippen LogP contribution in [0.25, 0.3) is 0 Å². The van der Waals surface area contributed by atoms with Gasteiger partial charge in [0.1, 0.15) is 5.82 Å². The van der Waals surface area contributed by atoms with Gasteiger partial charge in [0, 0.05) is 18.5 Å². The molecule has 0 bridgehead atoms. The SMILES string of the molecule is CC(=O)NC(CC(=O)N(C1CC1)C(C)c1ccccc1F)c1ccccc1. The lowest BCUT2D eigenvalue weighted by Crippen LogP contribution is -2.39. The van der Waals surface area contributed by atoms with E-state index in [0.717, 1.165) is 18.4 Å². The summed E-state index contributed by atoms with van der Waals surface area (Å²) in [5, 5.41) is 2.87. The number of halogens is 1. The Balaban J connectivity index is 1.82. The normalized spacial score (nSPS) is 15.7. The molecule has 0 saturated heterocycles. The van der Waals surface area contributed by atoms with Crippen molar-refractivity contribution >= 4 is 11.8 Å². The highest BCUT2D eigenvalue weighted by Crippen LogP contribution is 2.36. The fraction of sp³-hybridized carbons (Fsp3) is 0.364. The zero-order valence-corrected chi connectivity index (χ0v) is 15.7. The fourth-order valence-electron chi connectivity index (χ4n) is 3.52. The standard InChI is InChI=1S/C22H25FN2O2/c1-15(19-10-6-7-11-20(19)23)25(18-12-13-18)22(27)14-21(24-16(2)26)17-8-4-3-5-9-17/h3-11,15,18,21H,12-14H2,1-2H3,(H,24,26). The molecule has 0 spiro atoms. The Morgan fingerprint density at radius 2 is 1.74 bits per heavy atom. The molecule has 1 fully saturated rings. The summed E-state index contributed by atoms with van der Waals surface area (Å²) in [6, 6.07) is 15.4. The number of amides is 2. The van der Waals surface area contributed by atoms with E-state index in [-0.39, 0.29) is 36.1 Å². The first-order chi connectivity index (χ1) is 13.0. The Hall–Kier alpha value is -2.69. The minimum Gasteiger partial charge on any atom is -0.349 e. The average Bonchev–Trinajstić information content (AvgIpc) is 3.47. The van der Waals surface area contributed by atoms with Crippen LogP contribution in [-0.2, 0) is 9.59 Å². The van der Waals surface area contributed by atoms with Crippen LogP contribution in [0.3, 0.4) is 0 Å². The third-order valence-corrected chi connectivity index (χ3v) is 4.96. The van der Waals surface area contributed by atoms with Gasteiger partial charge in [-0.05, 0) is 31.4 Å². The number of hydrogen-bond donors (Lipinski definition) is 1. The van der Waals surface area contributed by atoms with E-state index < -0.39 is 6.04 Å². The number of nitrogens with zero attached hydrogens (tertiary/aromatic N) is 1. The van der Waals surface area contributed by atoms with Crippen LogP contribution < -0.4 is 5.32 Å². The van der Waals surface area contributed by atoms with Crippen molar-refractivity contribution in [1.29, 1.82) is 0 Å². The summed E-state index contributed by atoms with van der Waals surface area (Å²) in [7, 11) is 0. The Labute approximate surface area is 159 Å². The summed E-state index contributed by atoms with van der Waals surface area (Å²) in [6.07, 6.45) is 2.01. The first-order valence-corrected chi connectivity index (χ1v) is 9.35. The van der Waals surface area contributed by atoms with E-state index in [1.807, 2.05) is 37.3 Å². The Kier molecular flexibility index (Phi) is 5.89. The molecule has 2 aromatic rings. The number of hydrogen-bond acceptors (Lipinski definition) is 2. The van der Waals surface area contributed by atoms with Crippen LogP contribution in [0.2, 0.25) is 0 Å². The van der Waals surface area contributed by atoms with Crippen molar-refractivity contribution in [1.82, 2.24) is 10.2 Å². The van der Waals surface area contributed by atoms with Crippen LogP contribution in [0.1, 0.15) is 56.3 Å². The van der Waals surface area contributed by atoms with Gasteiger partial charge in [-0.25, -0.2) is 4.39 Å². The van der Waals surface area contributed by atoms with Crippen molar-refractivity contribution in [3.05, 3.63) is 71.5 Å². The van der Waals surface area contributed by atoms with E-state index in [1.165, 1.54) is 13.0 Å². The van der Waals surface area contributed by atoms with Gasteiger partial charge in [0.25, 0.3) is 0 Å². The third kappa shape index (κ3) is 4.73. The highest BCUT2D eigenvalue weighted by molar-refractivity contribution is 5.80. The molecular formula is C22H25FN2O2. The quantitative estimate of drug-likeness (QED) is 0.798. The second-order valence-electron chi connectivity index (χ2n) is 7.10. The highest BCUT2D eigenvalue weighted by Gasteiger charge is 2.37. The lowest BCUT2D eigenvalue weighted by Gasteiger charge is -2.31. The predicted molar refractivity (Wildman–Crippen MR) is 102 cm³/mol. The van der Waals surface area contributed by atoms with Crippen molar-refractivity contribution in [2.45, 2.75) is 51.2 Å². The maximum Gasteiger partial charge on any atom is 0.225 e. The third-order valence-electron chi connectivity index (χ3n) is 4.96. The summed E-state index contributed by atoms with van der Waals surface area (Å²) in [6.45, 7) is 3.31. The zero-order chi connectivity index (χ0) is 19.4. The summed E-state index contributed by atoms with van der Waals surface area (Å²) >= 11 is 0. The van der Waals surface area contributed by atoms with Crippen LogP contribution in [0, 0.1) is 5.82 Å². The van der Waals surface area contributed by atoms with Crippen molar-refractivity contribution < 1.29 is 14.0 Å². The topological polar surface area (TPSA) is 49.4 Å². The van der Waals surface area contributed by atoms with E-state index in [2.05, 4.69) is 5.32 Å². The first kappa shape index (κ1) is 19.1. The van der Waals surface area contributed by atoms with Crippen LogP contribution in [0.5, 0.6) is 0 Å². The van der Waals surface area contributed by atoms with E-state index in [9.17, 15) is 14.0 Å². The lowest BCUT2D eigenvalue weighted by molar-refractivity contribution is -0.134. The summed E-state index contributed by atoms with van der Waals surface area (Å²) in [4.78, 5) is 26.6. The van der Waals surface area contributed by atoms with Crippen molar-refractivity contribution in [2.24, 2.45) is 0 Å². The molecule has 5 heteroatoms. The second-order valence-corrected chi connectivity index (χ2v) is 7.10. The number of carbonyl (C=O) groups excluding carboxylic acids is 2.